The first-order chi connectivity index (χ1) is 13.8. The van der Waals surface area contributed by atoms with Crippen LogP contribution in [0, 0.1) is 0 Å². The summed E-state index contributed by atoms with van der Waals surface area (Å²) in [7, 11) is 1.88. The van der Waals surface area contributed by atoms with E-state index in [0.717, 1.165) is 6.07 Å². The van der Waals surface area contributed by atoms with Crippen molar-refractivity contribution < 1.29 is 19.7 Å². The number of phenols is 2. The molecule has 152 valence electrons. The van der Waals surface area contributed by atoms with Crippen molar-refractivity contribution in [1.82, 2.24) is 4.90 Å². The predicted octanol–water partition coefficient (Wildman–Crippen LogP) is 3.96. The van der Waals surface area contributed by atoms with Crippen LogP contribution in [0.4, 0.5) is 0 Å². The van der Waals surface area contributed by atoms with Crippen molar-refractivity contribution in [3.8, 4) is 22.8 Å². The highest BCUT2D eigenvalue weighted by Crippen LogP contribution is 2.44. The highest BCUT2D eigenvalue weighted by Gasteiger charge is 2.36. The Morgan fingerprint density at radius 1 is 1.21 bits per heavy atom. The smallest absolute Gasteiger partial charge is 0.197 e. The molecule has 1 aliphatic rings. The molecule has 0 amide bonds. The van der Waals surface area contributed by atoms with E-state index in [-0.39, 0.29) is 51.8 Å². The maximum absolute atomic E-state index is 12.8. The van der Waals surface area contributed by atoms with Crippen LogP contribution in [0.15, 0.2) is 39.5 Å². The lowest BCUT2D eigenvalue weighted by molar-refractivity contribution is 0.172. The zero-order chi connectivity index (χ0) is 20.9. The molecule has 0 spiro atoms. The molecule has 4 rings (SSSR count). The summed E-state index contributed by atoms with van der Waals surface area (Å²) in [6.45, 7) is 0.592. The van der Waals surface area contributed by atoms with Crippen molar-refractivity contribution in [2.24, 2.45) is 0 Å². The molecule has 1 saturated heterocycles. The van der Waals surface area contributed by atoms with Gasteiger partial charge in [0.1, 0.15) is 28.2 Å². The Bertz CT molecular complexity index is 1160. The number of aliphatic hydroxyl groups is 1. The Kier molecular flexibility index (Phi) is 5.21. The molecule has 29 heavy (non-hydrogen) atoms. The van der Waals surface area contributed by atoms with Gasteiger partial charge in [-0.25, -0.2) is 0 Å². The van der Waals surface area contributed by atoms with E-state index in [9.17, 15) is 20.1 Å². The van der Waals surface area contributed by atoms with Crippen molar-refractivity contribution in [2.45, 2.75) is 18.4 Å². The second-order valence-corrected chi connectivity index (χ2v) is 8.02. The fourth-order valence-corrected chi connectivity index (χ4v) is 4.51. The van der Waals surface area contributed by atoms with Crippen LogP contribution in [0.3, 0.4) is 0 Å². The maximum Gasteiger partial charge on any atom is 0.197 e. The number of hydrogen-bond donors (Lipinski definition) is 3. The number of halogens is 2. The zero-order valence-corrected chi connectivity index (χ0v) is 17.0. The topological polar surface area (TPSA) is 94.1 Å². The third kappa shape index (κ3) is 3.26. The molecule has 2 aromatic carbocycles. The van der Waals surface area contributed by atoms with Gasteiger partial charge in [-0.15, -0.1) is 0 Å². The van der Waals surface area contributed by atoms with Crippen LogP contribution in [0.1, 0.15) is 17.9 Å². The minimum Gasteiger partial charge on any atom is -0.507 e. The van der Waals surface area contributed by atoms with Gasteiger partial charge in [-0.05, 0) is 32.1 Å². The molecule has 1 fully saturated rings. The molecule has 0 radical (unpaired) electrons. The Morgan fingerprint density at radius 3 is 2.69 bits per heavy atom. The summed E-state index contributed by atoms with van der Waals surface area (Å²) in [5, 5.41) is 31.3. The van der Waals surface area contributed by atoms with Gasteiger partial charge in [-0.1, -0.05) is 29.3 Å². The third-order valence-corrected chi connectivity index (χ3v) is 6.42. The number of rotatable bonds is 3. The van der Waals surface area contributed by atoms with E-state index in [1.165, 1.54) is 6.07 Å². The molecule has 0 aliphatic carbocycles. The molecular formula is C21H19Cl2NO5. The lowest BCUT2D eigenvalue weighted by Crippen LogP contribution is -2.32. The Labute approximate surface area is 176 Å². The van der Waals surface area contributed by atoms with Gasteiger partial charge in [0, 0.05) is 35.2 Å². The number of likely N-dealkylation sites (tertiary alicyclic amines) is 1. The molecule has 3 aromatic rings. The van der Waals surface area contributed by atoms with Crippen LogP contribution < -0.4 is 5.43 Å². The molecule has 2 atom stereocenters. The van der Waals surface area contributed by atoms with Crippen LogP contribution in [0.2, 0.25) is 10.0 Å². The molecule has 8 heteroatoms. The fraction of sp³-hybridized carbons (Fsp3) is 0.286. The van der Waals surface area contributed by atoms with Crippen molar-refractivity contribution in [1.29, 1.82) is 0 Å². The average molecular weight is 436 g/mol. The monoisotopic (exact) mass is 435 g/mol. The minimum atomic E-state index is -0.469. The summed E-state index contributed by atoms with van der Waals surface area (Å²) in [5.41, 5.74) is 0.426. The number of nitrogens with zero attached hydrogens (tertiary/aromatic N) is 1. The number of likely N-dealkylation sites (N-methyl/N-ethyl adjacent to an activating group) is 1. The first-order valence-electron chi connectivity index (χ1n) is 9.11. The molecule has 0 saturated carbocycles. The number of fused-ring (bicyclic) bond motifs is 1. The molecule has 3 N–H and O–H groups in total. The Morgan fingerprint density at radius 2 is 1.97 bits per heavy atom. The lowest BCUT2D eigenvalue weighted by atomic mass is 9.89. The molecule has 6 nitrogen and oxygen atoms in total. The summed E-state index contributed by atoms with van der Waals surface area (Å²) >= 11 is 12.4. The van der Waals surface area contributed by atoms with Crippen molar-refractivity contribution in [3.05, 3.63) is 56.2 Å². The van der Waals surface area contributed by atoms with E-state index in [0.29, 0.717) is 29.1 Å². The van der Waals surface area contributed by atoms with Gasteiger partial charge in [-0.3, -0.25) is 4.79 Å². The summed E-state index contributed by atoms with van der Waals surface area (Å²) < 4.78 is 6.03. The van der Waals surface area contributed by atoms with E-state index in [1.807, 2.05) is 11.9 Å². The Hall–Kier alpha value is -2.25. The van der Waals surface area contributed by atoms with E-state index in [4.69, 9.17) is 27.6 Å². The quantitative estimate of drug-likeness (QED) is 0.576. The van der Waals surface area contributed by atoms with E-state index < -0.39 is 5.43 Å². The second-order valence-electron chi connectivity index (χ2n) is 7.23. The molecule has 0 bridgehead atoms. The minimum absolute atomic E-state index is 0.0223. The summed E-state index contributed by atoms with van der Waals surface area (Å²) in [4.78, 5) is 14.8. The van der Waals surface area contributed by atoms with Crippen molar-refractivity contribution in [2.75, 3.05) is 20.2 Å². The number of aromatic hydroxyl groups is 2. The summed E-state index contributed by atoms with van der Waals surface area (Å²) in [6.07, 6.45) is 0.654. The number of hydrogen-bond acceptors (Lipinski definition) is 6. The highest BCUT2D eigenvalue weighted by atomic mass is 35.5. The second kappa shape index (κ2) is 7.54. The number of benzene rings is 2. The standard InChI is InChI=1S/C21H19Cl2NO5/c1-24-6-5-10(13(24)9-25)18-14(26)7-15(27)19-16(28)8-17(29-21(18)19)11-3-2-4-12(22)20(11)23/h2-4,7-8,10,13,25-27H,5-6,9H2,1H3/t10-,13+/m1/s1. The van der Waals surface area contributed by atoms with Gasteiger partial charge < -0.3 is 24.6 Å². The molecule has 1 aromatic heterocycles. The van der Waals surface area contributed by atoms with E-state index in [2.05, 4.69) is 0 Å². The lowest BCUT2D eigenvalue weighted by Gasteiger charge is -2.24. The molecular weight excluding hydrogens is 417 g/mol. The molecule has 0 unspecified atom stereocenters. The van der Waals surface area contributed by atoms with Gasteiger partial charge in [0.2, 0.25) is 0 Å². The van der Waals surface area contributed by atoms with Gasteiger partial charge in [0.05, 0.1) is 16.7 Å². The van der Waals surface area contributed by atoms with Gasteiger partial charge in [-0.2, -0.15) is 0 Å². The van der Waals surface area contributed by atoms with Crippen LogP contribution in [-0.4, -0.2) is 46.5 Å². The van der Waals surface area contributed by atoms with Crippen LogP contribution in [-0.2, 0) is 0 Å². The first-order valence-corrected chi connectivity index (χ1v) is 9.87. The van der Waals surface area contributed by atoms with Crippen LogP contribution in [0.25, 0.3) is 22.3 Å². The number of aliphatic hydroxyl groups excluding tert-OH is 1. The normalized spacial score (nSPS) is 19.9. The maximum atomic E-state index is 12.8. The fourth-order valence-electron chi connectivity index (χ4n) is 4.12. The zero-order valence-electron chi connectivity index (χ0n) is 15.5. The van der Waals surface area contributed by atoms with E-state index >= 15 is 0 Å². The third-order valence-electron chi connectivity index (χ3n) is 5.60. The highest BCUT2D eigenvalue weighted by molar-refractivity contribution is 6.43. The molecule has 2 heterocycles. The van der Waals surface area contributed by atoms with Crippen molar-refractivity contribution >= 4 is 34.2 Å². The van der Waals surface area contributed by atoms with Crippen LogP contribution in [0.5, 0.6) is 11.5 Å². The molecule has 1 aliphatic heterocycles. The van der Waals surface area contributed by atoms with E-state index in [1.54, 1.807) is 18.2 Å². The Balaban J connectivity index is 2.03. The summed E-state index contributed by atoms with van der Waals surface area (Å²) in [6, 6.07) is 7.11. The van der Waals surface area contributed by atoms with Gasteiger partial charge in [0.15, 0.2) is 5.43 Å². The largest absolute Gasteiger partial charge is 0.507 e. The first kappa shape index (κ1) is 20.0. The number of phenolic OH excluding ortho intramolecular Hbond substituents is 2. The average Bonchev–Trinajstić information content (AvgIpc) is 3.03. The SMILES string of the molecule is CN1CC[C@@H](c2c(O)cc(O)c3c(=O)cc(-c4cccc(Cl)c4Cl)oc23)[C@@H]1CO. The van der Waals surface area contributed by atoms with Crippen molar-refractivity contribution in [3.63, 3.8) is 0 Å². The van der Waals surface area contributed by atoms with Crippen LogP contribution >= 0.6 is 23.2 Å². The van der Waals surface area contributed by atoms with Gasteiger partial charge in [0.25, 0.3) is 0 Å². The summed E-state index contributed by atoms with van der Waals surface area (Å²) in [5.74, 6) is -0.661. The predicted molar refractivity (Wildman–Crippen MR) is 112 cm³/mol. The van der Waals surface area contributed by atoms with Gasteiger partial charge >= 0.3 is 0 Å².